The van der Waals surface area contributed by atoms with Gasteiger partial charge in [-0.05, 0) is 24.3 Å². The van der Waals surface area contributed by atoms with Crippen LogP contribution in [0.4, 0.5) is 11.4 Å². The van der Waals surface area contributed by atoms with E-state index >= 15 is 0 Å². The highest BCUT2D eigenvalue weighted by molar-refractivity contribution is 8.02. The van der Waals surface area contributed by atoms with Gasteiger partial charge < -0.3 is 15.0 Å². The molecule has 0 saturated heterocycles. The number of nitrogens with zero attached hydrogens (tertiary/aromatic N) is 2. The molecular formula is C17H18ClN3O5S3. The number of ether oxygens (including phenoxy) is 1. The van der Waals surface area contributed by atoms with Crippen LogP contribution in [0.15, 0.2) is 32.7 Å². The number of benzene rings is 1. The minimum atomic E-state index is -3.63. The van der Waals surface area contributed by atoms with Crippen molar-refractivity contribution in [2.24, 2.45) is 0 Å². The number of thiophene rings is 1. The number of hydrogen-bond donors (Lipinski definition) is 1. The molecule has 2 aromatic rings. The Kier molecular flexibility index (Phi) is 6.44. The van der Waals surface area contributed by atoms with Crippen molar-refractivity contribution in [3.63, 3.8) is 0 Å². The quantitative estimate of drug-likeness (QED) is 0.690. The minimum Gasteiger partial charge on any atom is -0.495 e. The summed E-state index contributed by atoms with van der Waals surface area (Å²) in [4.78, 5) is 26.2. The van der Waals surface area contributed by atoms with Crippen LogP contribution in [0.5, 0.6) is 5.75 Å². The van der Waals surface area contributed by atoms with Crippen molar-refractivity contribution < 1.29 is 22.7 Å². The van der Waals surface area contributed by atoms with Crippen molar-refractivity contribution in [2.75, 3.05) is 43.7 Å². The van der Waals surface area contributed by atoms with E-state index < -0.39 is 15.9 Å². The molecule has 0 saturated carbocycles. The third-order valence-corrected chi connectivity index (χ3v) is 8.99. The Morgan fingerprint density at radius 3 is 2.69 bits per heavy atom. The number of amides is 2. The molecule has 29 heavy (non-hydrogen) atoms. The zero-order chi connectivity index (χ0) is 21.3. The maximum absolute atomic E-state index is 12.5. The normalized spacial score (nSPS) is 14.1. The predicted octanol–water partition coefficient (Wildman–Crippen LogP) is 2.74. The highest BCUT2D eigenvalue weighted by Gasteiger charge is 2.32. The maximum atomic E-state index is 12.5. The van der Waals surface area contributed by atoms with Crippen LogP contribution in [0.25, 0.3) is 0 Å². The van der Waals surface area contributed by atoms with Crippen molar-refractivity contribution >= 4 is 67.9 Å². The molecule has 1 aromatic carbocycles. The van der Waals surface area contributed by atoms with Gasteiger partial charge in [0, 0.05) is 19.8 Å². The maximum Gasteiger partial charge on any atom is 0.252 e. The van der Waals surface area contributed by atoms with Crippen LogP contribution in [0, 0.1) is 0 Å². The Morgan fingerprint density at radius 1 is 1.34 bits per heavy atom. The third-order valence-electron chi connectivity index (χ3n) is 4.05. The number of carbonyl (C=O) groups excluding carboxylic acids is 2. The van der Waals surface area contributed by atoms with E-state index in [9.17, 15) is 18.0 Å². The molecule has 1 aliphatic heterocycles. The smallest absolute Gasteiger partial charge is 0.252 e. The molecule has 0 aliphatic carbocycles. The van der Waals surface area contributed by atoms with E-state index in [1.165, 1.54) is 43.9 Å². The molecule has 1 aromatic heterocycles. The molecule has 0 atom stereocenters. The molecule has 0 bridgehead atoms. The Hall–Kier alpha value is -1.79. The lowest BCUT2D eigenvalue weighted by Gasteiger charge is -2.25. The third kappa shape index (κ3) is 4.53. The van der Waals surface area contributed by atoms with Crippen molar-refractivity contribution in [3.05, 3.63) is 29.3 Å². The predicted molar refractivity (Wildman–Crippen MR) is 115 cm³/mol. The number of thioether (sulfide) groups is 1. The summed E-state index contributed by atoms with van der Waals surface area (Å²) in [7, 11) is 0.746. The van der Waals surface area contributed by atoms with Gasteiger partial charge in [-0.3, -0.25) is 9.59 Å². The first-order valence-electron chi connectivity index (χ1n) is 8.26. The summed E-state index contributed by atoms with van der Waals surface area (Å²) >= 11 is 8.42. The number of anilines is 2. The van der Waals surface area contributed by atoms with E-state index in [0.29, 0.717) is 26.4 Å². The first-order valence-corrected chi connectivity index (χ1v) is 11.9. The Bertz CT molecular complexity index is 1070. The summed E-state index contributed by atoms with van der Waals surface area (Å²) in [5, 5.41) is 3.03. The number of sulfonamides is 1. The lowest BCUT2D eigenvalue weighted by molar-refractivity contribution is -0.120. The molecule has 2 heterocycles. The van der Waals surface area contributed by atoms with Crippen molar-refractivity contribution in [2.45, 2.75) is 8.42 Å². The molecule has 8 nitrogen and oxygen atoms in total. The van der Waals surface area contributed by atoms with Gasteiger partial charge in [-0.15, -0.1) is 23.1 Å². The average Bonchev–Trinajstić information content (AvgIpc) is 3.09. The molecule has 0 fully saturated rings. The summed E-state index contributed by atoms with van der Waals surface area (Å²) in [5.41, 5.74) is 0.889. The zero-order valence-corrected chi connectivity index (χ0v) is 19.0. The lowest BCUT2D eigenvalue weighted by Crippen LogP contribution is -2.40. The van der Waals surface area contributed by atoms with E-state index in [1.807, 2.05) is 0 Å². The second-order valence-corrected chi connectivity index (χ2v) is 11.3. The summed E-state index contributed by atoms with van der Waals surface area (Å²) in [5.74, 6) is -0.0838. The number of rotatable bonds is 6. The second kappa shape index (κ2) is 8.52. The molecule has 1 N–H and O–H groups in total. The number of hydrogen-bond acceptors (Lipinski definition) is 7. The average molecular weight is 476 g/mol. The van der Waals surface area contributed by atoms with Crippen LogP contribution >= 0.6 is 34.7 Å². The fraction of sp³-hybridized carbons (Fsp3) is 0.294. The van der Waals surface area contributed by atoms with Gasteiger partial charge in [0.05, 0.1) is 27.8 Å². The molecule has 0 spiro atoms. The molecular weight excluding hydrogens is 458 g/mol. The molecule has 0 radical (unpaired) electrons. The van der Waals surface area contributed by atoms with Gasteiger partial charge in [-0.2, -0.15) is 0 Å². The second-order valence-electron chi connectivity index (χ2n) is 6.19. The number of fused-ring (bicyclic) bond motifs is 1. The summed E-state index contributed by atoms with van der Waals surface area (Å²) in [6, 6.07) is 6.24. The van der Waals surface area contributed by atoms with Crippen LogP contribution in [0.2, 0.25) is 5.02 Å². The van der Waals surface area contributed by atoms with Gasteiger partial charge >= 0.3 is 0 Å². The Morgan fingerprint density at radius 2 is 2.07 bits per heavy atom. The van der Waals surface area contributed by atoms with E-state index in [-0.39, 0.29) is 22.4 Å². The fourth-order valence-electron chi connectivity index (χ4n) is 2.54. The van der Waals surface area contributed by atoms with Crippen LogP contribution in [0.1, 0.15) is 0 Å². The van der Waals surface area contributed by atoms with Crippen molar-refractivity contribution in [1.29, 1.82) is 0 Å². The SMILES string of the molecule is COc1ccc(NC(=O)CN2C(=O)CSc3sc(S(=O)(=O)N(C)C)cc32)cc1Cl. The molecule has 156 valence electrons. The number of halogens is 1. The van der Waals surface area contributed by atoms with Gasteiger partial charge in [-0.1, -0.05) is 11.6 Å². The summed E-state index contributed by atoms with van der Waals surface area (Å²) < 4.78 is 31.8. The van der Waals surface area contributed by atoms with Gasteiger partial charge in [0.2, 0.25) is 11.8 Å². The minimum absolute atomic E-state index is 0.127. The summed E-state index contributed by atoms with van der Waals surface area (Å²) in [6.07, 6.45) is 0. The first-order chi connectivity index (χ1) is 13.6. The van der Waals surface area contributed by atoms with Gasteiger partial charge in [0.25, 0.3) is 10.0 Å². The topological polar surface area (TPSA) is 96.0 Å². The first kappa shape index (κ1) is 21.9. The van der Waals surface area contributed by atoms with Crippen LogP contribution < -0.4 is 15.0 Å². The molecule has 3 rings (SSSR count). The Labute approximate surface area is 181 Å². The number of nitrogens with one attached hydrogen (secondary N) is 1. The standard InChI is InChI=1S/C17H18ClN3O5S3/c1-20(2)29(24,25)16-7-12-17(28-16)27-9-15(23)21(12)8-14(22)19-10-4-5-13(26-3)11(18)6-10/h4-7H,8-9H2,1-3H3,(H,19,22). The van der Waals surface area contributed by atoms with E-state index in [0.717, 1.165) is 15.6 Å². The van der Waals surface area contributed by atoms with Crippen molar-refractivity contribution in [1.82, 2.24) is 4.31 Å². The zero-order valence-electron chi connectivity index (χ0n) is 15.8. The van der Waals surface area contributed by atoms with Crippen LogP contribution in [0.3, 0.4) is 0 Å². The van der Waals surface area contributed by atoms with E-state index in [1.54, 1.807) is 18.2 Å². The lowest BCUT2D eigenvalue weighted by atomic mass is 10.3. The molecule has 0 unspecified atom stereocenters. The largest absolute Gasteiger partial charge is 0.495 e. The van der Waals surface area contributed by atoms with Crippen molar-refractivity contribution in [3.8, 4) is 5.75 Å². The highest BCUT2D eigenvalue weighted by atomic mass is 35.5. The van der Waals surface area contributed by atoms with Gasteiger partial charge in [0.15, 0.2) is 0 Å². The monoisotopic (exact) mass is 475 g/mol. The van der Waals surface area contributed by atoms with E-state index in [4.69, 9.17) is 16.3 Å². The van der Waals surface area contributed by atoms with Gasteiger partial charge in [0.1, 0.15) is 16.5 Å². The van der Waals surface area contributed by atoms with E-state index in [2.05, 4.69) is 5.32 Å². The number of methoxy groups -OCH3 is 1. The fourth-order valence-corrected chi connectivity index (χ4v) is 6.73. The molecule has 1 aliphatic rings. The summed E-state index contributed by atoms with van der Waals surface area (Å²) in [6.45, 7) is -0.242. The molecule has 12 heteroatoms. The Balaban J connectivity index is 1.81. The molecule has 2 amide bonds. The van der Waals surface area contributed by atoms with Gasteiger partial charge in [-0.25, -0.2) is 12.7 Å². The number of carbonyl (C=O) groups is 2. The van der Waals surface area contributed by atoms with Crippen LogP contribution in [-0.4, -0.2) is 58.0 Å². The highest BCUT2D eigenvalue weighted by Crippen LogP contribution is 2.44. The van der Waals surface area contributed by atoms with Crippen LogP contribution in [-0.2, 0) is 19.6 Å².